The summed E-state index contributed by atoms with van der Waals surface area (Å²) in [7, 11) is 1.96. The monoisotopic (exact) mass is 195 g/mol. The van der Waals surface area contributed by atoms with Crippen LogP contribution in [0.3, 0.4) is 0 Å². The molecule has 0 aliphatic rings. The van der Waals surface area contributed by atoms with Crippen molar-refractivity contribution in [1.82, 2.24) is 14.5 Å². The van der Waals surface area contributed by atoms with Gasteiger partial charge in [-0.25, -0.2) is 9.97 Å². The molecule has 0 aliphatic carbocycles. The SMILES string of the molecule is CCc1nc2c(Cl)ccnc2n1C. The van der Waals surface area contributed by atoms with E-state index < -0.39 is 0 Å². The van der Waals surface area contributed by atoms with E-state index in [0.29, 0.717) is 5.02 Å². The maximum atomic E-state index is 5.98. The molecule has 3 nitrogen and oxygen atoms in total. The van der Waals surface area contributed by atoms with E-state index in [4.69, 9.17) is 11.6 Å². The van der Waals surface area contributed by atoms with Crippen molar-refractivity contribution in [1.29, 1.82) is 0 Å². The van der Waals surface area contributed by atoms with Crippen molar-refractivity contribution in [2.24, 2.45) is 7.05 Å². The maximum Gasteiger partial charge on any atom is 0.161 e. The second-order valence-electron chi connectivity index (χ2n) is 2.91. The molecule has 0 fully saturated rings. The number of pyridine rings is 1. The predicted octanol–water partition coefficient (Wildman–Crippen LogP) is 2.18. The molecule has 0 atom stereocenters. The Labute approximate surface area is 81.4 Å². The molecule has 0 amide bonds. The van der Waals surface area contributed by atoms with Crippen molar-refractivity contribution in [3.63, 3.8) is 0 Å². The van der Waals surface area contributed by atoms with Crippen LogP contribution >= 0.6 is 11.6 Å². The van der Waals surface area contributed by atoms with Gasteiger partial charge in [0.15, 0.2) is 5.65 Å². The van der Waals surface area contributed by atoms with Gasteiger partial charge < -0.3 is 4.57 Å². The zero-order valence-corrected chi connectivity index (χ0v) is 8.34. The average molecular weight is 196 g/mol. The molecular weight excluding hydrogens is 186 g/mol. The Morgan fingerprint density at radius 2 is 2.31 bits per heavy atom. The van der Waals surface area contributed by atoms with Crippen molar-refractivity contribution >= 4 is 22.8 Å². The quantitative estimate of drug-likeness (QED) is 0.699. The Bertz CT molecular complexity index is 447. The molecule has 0 saturated carbocycles. The van der Waals surface area contributed by atoms with Crippen LogP contribution in [0.5, 0.6) is 0 Å². The lowest BCUT2D eigenvalue weighted by Gasteiger charge is -1.96. The minimum absolute atomic E-state index is 0.667. The van der Waals surface area contributed by atoms with Crippen molar-refractivity contribution in [2.45, 2.75) is 13.3 Å². The summed E-state index contributed by atoms with van der Waals surface area (Å²) < 4.78 is 1.97. The standard InChI is InChI=1S/C9H10ClN3/c1-3-7-12-8-6(10)4-5-11-9(8)13(7)2/h4-5H,3H2,1-2H3. The zero-order chi connectivity index (χ0) is 9.42. The van der Waals surface area contributed by atoms with Crippen LogP contribution in [0.4, 0.5) is 0 Å². The molecule has 0 bridgehead atoms. The first-order valence-corrected chi connectivity index (χ1v) is 4.57. The van der Waals surface area contributed by atoms with Crippen LogP contribution in [0.2, 0.25) is 5.02 Å². The highest BCUT2D eigenvalue weighted by atomic mass is 35.5. The van der Waals surface area contributed by atoms with Gasteiger partial charge in [-0.2, -0.15) is 0 Å². The van der Waals surface area contributed by atoms with Crippen molar-refractivity contribution in [3.05, 3.63) is 23.1 Å². The Balaban J connectivity index is 2.83. The third kappa shape index (κ3) is 1.20. The summed E-state index contributed by atoms with van der Waals surface area (Å²) in [6.45, 7) is 2.06. The number of rotatable bonds is 1. The number of hydrogen-bond donors (Lipinski definition) is 0. The molecule has 0 spiro atoms. The van der Waals surface area contributed by atoms with E-state index >= 15 is 0 Å². The molecule has 68 valence electrons. The molecule has 2 aromatic rings. The third-order valence-corrected chi connectivity index (χ3v) is 2.42. The summed E-state index contributed by atoms with van der Waals surface area (Å²) in [6, 6.07) is 1.76. The molecule has 0 saturated heterocycles. The van der Waals surface area contributed by atoms with Gasteiger partial charge in [-0.05, 0) is 6.07 Å². The van der Waals surface area contributed by atoms with E-state index in [1.54, 1.807) is 12.3 Å². The van der Waals surface area contributed by atoms with Crippen molar-refractivity contribution in [3.8, 4) is 0 Å². The highest BCUT2D eigenvalue weighted by Crippen LogP contribution is 2.20. The molecule has 2 aromatic heterocycles. The first-order chi connectivity index (χ1) is 6.24. The van der Waals surface area contributed by atoms with Gasteiger partial charge in [0.05, 0.1) is 5.02 Å². The van der Waals surface area contributed by atoms with Crippen molar-refractivity contribution < 1.29 is 0 Å². The maximum absolute atomic E-state index is 5.98. The van der Waals surface area contributed by atoms with Gasteiger partial charge in [0.1, 0.15) is 11.3 Å². The summed E-state index contributed by atoms with van der Waals surface area (Å²) >= 11 is 5.98. The second-order valence-corrected chi connectivity index (χ2v) is 3.31. The Morgan fingerprint density at radius 1 is 1.54 bits per heavy atom. The van der Waals surface area contributed by atoms with E-state index in [1.807, 2.05) is 11.6 Å². The van der Waals surface area contributed by atoms with Gasteiger partial charge in [0, 0.05) is 19.7 Å². The number of halogens is 1. The van der Waals surface area contributed by atoms with Gasteiger partial charge in [-0.3, -0.25) is 0 Å². The van der Waals surface area contributed by atoms with E-state index in [9.17, 15) is 0 Å². The molecule has 4 heteroatoms. The number of nitrogens with zero attached hydrogens (tertiary/aromatic N) is 3. The van der Waals surface area contributed by atoms with Gasteiger partial charge in [0.2, 0.25) is 0 Å². The van der Waals surface area contributed by atoms with Crippen LogP contribution in [0.25, 0.3) is 11.2 Å². The van der Waals surface area contributed by atoms with E-state index in [0.717, 1.165) is 23.4 Å². The summed E-state index contributed by atoms with van der Waals surface area (Å²) in [6.07, 6.45) is 2.59. The average Bonchev–Trinajstić information content (AvgIpc) is 2.45. The van der Waals surface area contributed by atoms with Crippen LogP contribution in [-0.2, 0) is 13.5 Å². The molecule has 0 aliphatic heterocycles. The molecule has 13 heavy (non-hydrogen) atoms. The van der Waals surface area contributed by atoms with Gasteiger partial charge in [0.25, 0.3) is 0 Å². The lowest BCUT2D eigenvalue weighted by Crippen LogP contribution is -1.95. The fraction of sp³-hybridized carbons (Fsp3) is 0.333. The summed E-state index contributed by atoms with van der Waals surface area (Å²) in [4.78, 5) is 8.62. The highest BCUT2D eigenvalue weighted by molar-refractivity contribution is 6.34. The molecular formula is C9H10ClN3. The minimum Gasteiger partial charge on any atom is -0.316 e. The highest BCUT2D eigenvalue weighted by Gasteiger charge is 2.08. The van der Waals surface area contributed by atoms with Crippen LogP contribution in [0, 0.1) is 0 Å². The number of fused-ring (bicyclic) bond motifs is 1. The molecule has 2 rings (SSSR count). The number of aryl methyl sites for hydroxylation is 2. The van der Waals surface area contributed by atoms with E-state index in [2.05, 4.69) is 16.9 Å². The molecule has 0 radical (unpaired) electrons. The summed E-state index contributed by atoms with van der Waals surface area (Å²) in [5.74, 6) is 1.01. The normalized spacial score (nSPS) is 11.0. The Kier molecular flexibility index (Phi) is 1.96. The lowest BCUT2D eigenvalue weighted by molar-refractivity contribution is 0.821. The number of aromatic nitrogens is 3. The zero-order valence-electron chi connectivity index (χ0n) is 7.58. The first-order valence-electron chi connectivity index (χ1n) is 4.20. The second kappa shape index (κ2) is 3.00. The Morgan fingerprint density at radius 3 is 2.92 bits per heavy atom. The fourth-order valence-electron chi connectivity index (χ4n) is 1.41. The fourth-order valence-corrected chi connectivity index (χ4v) is 1.59. The lowest BCUT2D eigenvalue weighted by atomic mass is 10.4. The summed E-state index contributed by atoms with van der Waals surface area (Å²) in [5.41, 5.74) is 1.65. The topological polar surface area (TPSA) is 30.7 Å². The van der Waals surface area contributed by atoms with E-state index in [-0.39, 0.29) is 0 Å². The van der Waals surface area contributed by atoms with Gasteiger partial charge >= 0.3 is 0 Å². The van der Waals surface area contributed by atoms with Gasteiger partial charge in [-0.1, -0.05) is 18.5 Å². The summed E-state index contributed by atoms with van der Waals surface area (Å²) in [5, 5.41) is 0.667. The number of imidazole rings is 1. The van der Waals surface area contributed by atoms with Crippen LogP contribution in [-0.4, -0.2) is 14.5 Å². The minimum atomic E-state index is 0.667. The van der Waals surface area contributed by atoms with Gasteiger partial charge in [-0.15, -0.1) is 0 Å². The van der Waals surface area contributed by atoms with Crippen LogP contribution in [0.15, 0.2) is 12.3 Å². The van der Waals surface area contributed by atoms with Crippen molar-refractivity contribution in [2.75, 3.05) is 0 Å². The molecule has 2 heterocycles. The smallest absolute Gasteiger partial charge is 0.161 e. The Hall–Kier alpha value is -1.09. The van der Waals surface area contributed by atoms with Crippen LogP contribution < -0.4 is 0 Å². The first kappa shape index (κ1) is 8.51. The predicted molar refractivity (Wildman–Crippen MR) is 52.9 cm³/mol. The van der Waals surface area contributed by atoms with Crippen LogP contribution in [0.1, 0.15) is 12.7 Å². The molecule has 0 N–H and O–H groups in total. The molecule has 0 aromatic carbocycles. The third-order valence-electron chi connectivity index (χ3n) is 2.12. The molecule has 0 unspecified atom stereocenters. The largest absolute Gasteiger partial charge is 0.316 e. The van der Waals surface area contributed by atoms with E-state index in [1.165, 1.54) is 0 Å². The number of hydrogen-bond acceptors (Lipinski definition) is 2.